The molecule has 98 valence electrons. The van der Waals surface area contributed by atoms with Crippen LogP contribution >= 0.6 is 0 Å². The topological polar surface area (TPSA) is 55.8 Å². The Hall–Kier alpha value is -1.52. The lowest BCUT2D eigenvalue weighted by Crippen LogP contribution is -2.33. The fourth-order valence-corrected chi connectivity index (χ4v) is 1.08. The van der Waals surface area contributed by atoms with Crippen LogP contribution in [0, 0.1) is 0 Å². The molecule has 0 aromatic heterocycles. The minimum absolute atomic E-state index is 0.0500. The van der Waals surface area contributed by atoms with Crippen molar-refractivity contribution in [2.24, 2.45) is 0 Å². The zero-order valence-corrected chi connectivity index (χ0v) is 11.0. The van der Waals surface area contributed by atoms with E-state index in [1.54, 1.807) is 18.7 Å². The van der Waals surface area contributed by atoms with E-state index in [2.05, 4.69) is 6.58 Å². The molecule has 0 fully saturated rings. The normalized spacial score (nSPS) is 11.5. The minimum atomic E-state index is -0.476. The number of nitrogens with zero attached hydrogens (tertiary/aromatic N) is 1. The summed E-state index contributed by atoms with van der Waals surface area (Å²) >= 11 is 0. The lowest BCUT2D eigenvalue weighted by atomic mass is 10.3. The second kappa shape index (κ2) is 7.70. The second-order valence-corrected chi connectivity index (χ2v) is 3.75. The van der Waals surface area contributed by atoms with E-state index in [-0.39, 0.29) is 6.61 Å². The van der Waals surface area contributed by atoms with Crippen molar-refractivity contribution in [2.75, 3.05) is 19.7 Å². The van der Waals surface area contributed by atoms with Crippen LogP contribution in [0.2, 0.25) is 0 Å². The molecule has 0 saturated carbocycles. The molecule has 0 aromatic rings. The first-order valence-electron chi connectivity index (χ1n) is 5.70. The molecule has 0 bridgehead atoms. The summed E-state index contributed by atoms with van der Waals surface area (Å²) in [6.45, 7) is 11.7. The van der Waals surface area contributed by atoms with E-state index in [1.165, 1.54) is 0 Å². The van der Waals surface area contributed by atoms with Crippen LogP contribution in [0.15, 0.2) is 12.2 Å². The van der Waals surface area contributed by atoms with Gasteiger partial charge in [-0.15, -0.1) is 0 Å². The summed E-state index contributed by atoms with van der Waals surface area (Å²) in [5.74, 6) is -0.476. The monoisotopic (exact) mass is 243 g/mol. The summed E-state index contributed by atoms with van der Waals surface area (Å²) in [5.41, 5.74) is 0.326. The summed E-state index contributed by atoms with van der Waals surface area (Å²) in [6, 6.07) is 0. The predicted octanol–water partition coefficient (Wildman–Crippen LogP) is 1.97. The molecule has 0 aliphatic carbocycles. The van der Waals surface area contributed by atoms with Gasteiger partial charge < -0.3 is 14.4 Å². The molecule has 0 aromatic carbocycles. The maximum atomic E-state index is 11.5. The van der Waals surface area contributed by atoms with E-state index in [0.717, 1.165) is 0 Å². The zero-order chi connectivity index (χ0) is 13.4. The predicted molar refractivity (Wildman–Crippen MR) is 64.6 cm³/mol. The SMILES string of the molecule is C=C(C)C(=O)OC(C)COC(=O)N(CC)CC. The lowest BCUT2D eigenvalue weighted by molar-refractivity contribution is -0.145. The van der Waals surface area contributed by atoms with Gasteiger partial charge in [0.05, 0.1) is 0 Å². The zero-order valence-electron chi connectivity index (χ0n) is 11.0. The molecular weight excluding hydrogens is 222 g/mol. The van der Waals surface area contributed by atoms with E-state index in [9.17, 15) is 9.59 Å². The summed E-state index contributed by atoms with van der Waals surface area (Å²) in [6.07, 6.45) is -0.869. The van der Waals surface area contributed by atoms with Crippen LogP contribution in [0.5, 0.6) is 0 Å². The highest BCUT2D eigenvalue weighted by Crippen LogP contribution is 2.01. The molecule has 0 N–H and O–H groups in total. The van der Waals surface area contributed by atoms with Gasteiger partial charge in [-0.05, 0) is 27.7 Å². The van der Waals surface area contributed by atoms with E-state index in [0.29, 0.717) is 18.7 Å². The Bertz CT molecular complexity index is 284. The maximum absolute atomic E-state index is 11.5. The molecule has 0 aliphatic heterocycles. The van der Waals surface area contributed by atoms with Gasteiger partial charge in [-0.2, -0.15) is 0 Å². The Labute approximate surface area is 102 Å². The average Bonchev–Trinajstić information content (AvgIpc) is 2.27. The summed E-state index contributed by atoms with van der Waals surface area (Å²) in [4.78, 5) is 24.2. The van der Waals surface area contributed by atoms with E-state index < -0.39 is 18.2 Å². The van der Waals surface area contributed by atoms with Crippen molar-refractivity contribution in [3.8, 4) is 0 Å². The molecule has 1 unspecified atom stereocenters. The summed E-state index contributed by atoms with van der Waals surface area (Å²) in [7, 11) is 0. The standard InChI is InChI=1S/C12H21NO4/c1-6-13(7-2)12(15)16-8-10(5)17-11(14)9(3)4/h10H,3,6-8H2,1-2,4-5H3. The Morgan fingerprint density at radius 2 is 1.82 bits per heavy atom. The molecule has 0 spiro atoms. The molecule has 0 rings (SSSR count). The van der Waals surface area contributed by atoms with Gasteiger partial charge in [-0.1, -0.05) is 6.58 Å². The quantitative estimate of drug-likeness (QED) is 0.528. The van der Waals surface area contributed by atoms with Crippen LogP contribution < -0.4 is 0 Å². The Kier molecular flexibility index (Phi) is 7.02. The average molecular weight is 243 g/mol. The molecule has 1 amide bonds. The van der Waals surface area contributed by atoms with Crippen LogP contribution in [0.25, 0.3) is 0 Å². The van der Waals surface area contributed by atoms with Crippen LogP contribution in [-0.2, 0) is 14.3 Å². The first-order chi connectivity index (χ1) is 7.92. The third-order valence-corrected chi connectivity index (χ3v) is 2.12. The van der Waals surface area contributed by atoms with Gasteiger partial charge in [-0.25, -0.2) is 9.59 Å². The highest BCUT2D eigenvalue weighted by atomic mass is 16.6. The van der Waals surface area contributed by atoms with Gasteiger partial charge in [0.15, 0.2) is 0 Å². The van der Waals surface area contributed by atoms with Gasteiger partial charge in [0, 0.05) is 18.7 Å². The smallest absolute Gasteiger partial charge is 0.409 e. The molecule has 1 atom stereocenters. The first-order valence-corrected chi connectivity index (χ1v) is 5.70. The van der Waals surface area contributed by atoms with Crippen LogP contribution in [-0.4, -0.2) is 42.8 Å². The van der Waals surface area contributed by atoms with E-state index in [1.807, 2.05) is 13.8 Å². The number of esters is 1. The van der Waals surface area contributed by atoms with Crippen molar-refractivity contribution in [2.45, 2.75) is 33.8 Å². The van der Waals surface area contributed by atoms with Crippen molar-refractivity contribution in [1.82, 2.24) is 4.90 Å². The van der Waals surface area contributed by atoms with Crippen LogP contribution in [0.3, 0.4) is 0 Å². The number of carbonyl (C=O) groups excluding carboxylic acids is 2. The largest absolute Gasteiger partial charge is 0.456 e. The van der Waals surface area contributed by atoms with Crippen LogP contribution in [0.4, 0.5) is 4.79 Å². The minimum Gasteiger partial charge on any atom is -0.456 e. The summed E-state index contributed by atoms with van der Waals surface area (Å²) < 4.78 is 9.98. The van der Waals surface area contributed by atoms with Gasteiger partial charge >= 0.3 is 12.1 Å². The van der Waals surface area contributed by atoms with Crippen molar-refractivity contribution < 1.29 is 19.1 Å². The van der Waals surface area contributed by atoms with Gasteiger partial charge in [-0.3, -0.25) is 0 Å². The Morgan fingerprint density at radius 1 is 1.29 bits per heavy atom. The number of hydrogen-bond donors (Lipinski definition) is 0. The molecule has 0 radical (unpaired) electrons. The molecule has 5 heteroatoms. The van der Waals surface area contributed by atoms with Crippen molar-refractivity contribution in [3.05, 3.63) is 12.2 Å². The molecule has 5 nitrogen and oxygen atoms in total. The number of hydrogen-bond acceptors (Lipinski definition) is 4. The summed E-state index contributed by atoms with van der Waals surface area (Å²) in [5, 5.41) is 0. The molecule has 17 heavy (non-hydrogen) atoms. The van der Waals surface area contributed by atoms with Crippen molar-refractivity contribution in [1.29, 1.82) is 0 Å². The Morgan fingerprint density at radius 3 is 2.24 bits per heavy atom. The fourth-order valence-electron chi connectivity index (χ4n) is 1.08. The lowest BCUT2D eigenvalue weighted by Gasteiger charge is -2.20. The molecular formula is C12H21NO4. The van der Waals surface area contributed by atoms with E-state index >= 15 is 0 Å². The second-order valence-electron chi connectivity index (χ2n) is 3.75. The van der Waals surface area contributed by atoms with Gasteiger partial charge in [0.1, 0.15) is 12.7 Å². The molecule has 0 aliphatic rings. The third kappa shape index (κ3) is 5.94. The first kappa shape index (κ1) is 15.5. The number of carbonyl (C=O) groups is 2. The van der Waals surface area contributed by atoms with Gasteiger partial charge in [0.2, 0.25) is 0 Å². The number of amides is 1. The molecule has 0 saturated heterocycles. The van der Waals surface area contributed by atoms with Crippen molar-refractivity contribution in [3.63, 3.8) is 0 Å². The maximum Gasteiger partial charge on any atom is 0.409 e. The van der Waals surface area contributed by atoms with Crippen LogP contribution in [0.1, 0.15) is 27.7 Å². The van der Waals surface area contributed by atoms with Crippen molar-refractivity contribution >= 4 is 12.1 Å². The van der Waals surface area contributed by atoms with Gasteiger partial charge in [0.25, 0.3) is 0 Å². The highest BCUT2D eigenvalue weighted by Gasteiger charge is 2.15. The molecule has 0 heterocycles. The third-order valence-electron chi connectivity index (χ3n) is 2.12. The number of ether oxygens (including phenoxy) is 2. The van der Waals surface area contributed by atoms with E-state index in [4.69, 9.17) is 9.47 Å². The Balaban J connectivity index is 3.99. The fraction of sp³-hybridized carbons (Fsp3) is 0.667. The number of rotatable bonds is 6. The highest BCUT2D eigenvalue weighted by molar-refractivity contribution is 5.87.